The highest BCUT2D eigenvalue weighted by molar-refractivity contribution is 14.0. The number of piperidine rings is 1. The third kappa shape index (κ3) is 7.64. The van der Waals surface area contributed by atoms with Crippen molar-refractivity contribution in [3.8, 4) is 0 Å². The van der Waals surface area contributed by atoms with Gasteiger partial charge in [-0.25, -0.2) is 0 Å². The second-order valence-corrected chi connectivity index (χ2v) is 7.01. The van der Waals surface area contributed by atoms with E-state index >= 15 is 0 Å². The van der Waals surface area contributed by atoms with Crippen LogP contribution in [0.3, 0.4) is 0 Å². The Balaban J connectivity index is 0.00000320. The van der Waals surface area contributed by atoms with Gasteiger partial charge in [-0.2, -0.15) is 0 Å². The third-order valence-electron chi connectivity index (χ3n) is 4.84. The van der Waals surface area contributed by atoms with E-state index in [0.29, 0.717) is 26.2 Å². The minimum atomic E-state index is 0. The van der Waals surface area contributed by atoms with Gasteiger partial charge in [-0.3, -0.25) is 9.79 Å². The summed E-state index contributed by atoms with van der Waals surface area (Å²) in [7, 11) is 1.76. The van der Waals surface area contributed by atoms with E-state index in [2.05, 4.69) is 27.8 Å². The lowest BCUT2D eigenvalue weighted by atomic mass is 10.1. The van der Waals surface area contributed by atoms with Crippen molar-refractivity contribution in [2.75, 3.05) is 31.6 Å². The molecule has 1 fully saturated rings. The van der Waals surface area contributed by atoms with Crippen molar-refractivity contribution in [3.63, 3.8) is 0 Å². The first-order chi connectivity index (χ1) is 14.3. The monoisotopic (exact) mass is 526 g/mol. The number of rotatable bonds is 9. The molecule has 2 aromatic rings. The van der Waals surface area contributed by atoms with Crippen molar-refractivity contribution in [3.05, 3.63) is 54.0 Å². The molecule has 1 amide bonds. The molecule has 0 unspecified atom stereocenters. The Labute approximate surface area is 195 Å². The van der Waals surface area contributed by atoms with E-state index in [0.717, 1.165) is 55.3 Å². The first kappa shape index (κ1) is 24.2. The van der Waals surface area contributed by atoms with Crippen LogP contribution in [0.2, 0.25) is 0 Å². The highest BCUT2D eigenvalue weighted by Gasteiger charge is 2.19. The fraction of sp³-hybridized carbons (Fsp3) is 0.455. The standard InChI is InChI=1S/C22H30N4O3.HI/c1-23-22(24-12-5-14-28-17-20-6-4-15-29-20)25-16-18-8-10-19(11-9-18)26-13-3-2-7-21(26)27;/h4,6,8-11,15H,2-3,5,7,12-14,16-17H2,1H3,(H2,23,24,25);1H. The van der Waals surface area contributed by atoms with Gasteiger partial charge in [-0.1, -0.05) is 12.1 Å². The molecule has 1 aliphatic heterocycles. The number of amides is 1. The van der Waals surface area contributed by atoms with E-state index in [9.17, 15) is 4.79 Å². The maximum Gasteiger partial charge on any atom is 0.226 e. The molecule has 1 aromatic carbocycles. The van der Waals surface area contributed by atoms with Crippen LogP contribution in [0.25, 0.3) is 0 Å². The highest BCUT2D eigenvalue weighted by Crippen LogP contribution is 2.21. The number of carbonyl (C=O) groups excluding carboxylic acids is 1. The molecule has 0 radical (unpaired) electrons. The van der Waals surface area contributed by atoms with Gasteiger partial charge in [0.15, 0.2) is 5.96 Å². The number of nitrogens with one attached hydrogen (secondary N) is 2. The molecule has 1 saturated heterocycles. The van der Waals surface area contributed by atoms with Crippen molar-refractivity contribution in [2.45, 2.75) is 38.8 Å². The van der Waals surface area contributed by atoms with Gasteiger partial charge in [-0.05, 0) is 49.1 Å². The normalized spacial score (nSPS) is 14.4. The largest absolute Gasteiger partial charge is 0.467 e. The Morgan fingerprint density at radius 3 is 2.73 bits per heavy atom. The topological polar surface area (TPSA) is 79.1 Å². The maximum absolute atomic E-state index is 12.0. The summed E-state index contributed by atoms with van der Waals surface area (Å²) in [5.74, 6) is 1.82. The summed E-state index contributed by atoms with van der Waals surface area (Å²) in [5.41, 5.74) is 2.12. The molecule has 1 aromatic heterocycles. The predicted octanol–water partition coefficient (Wildman–Crippen LogP) is 3.69. The highest BCUT2D eigenvalue weighted by atomic mass is 127. The van der Waals surface area contributed by atoms with Gasteiger partial charge in [0.05, 0.1) is 6.26 Å². The minimum absolute atomic E-state index is 0. The van der Waals surface area contributed by atoms with Gasteiger partial charge in [0.25, 0.3) is 0 Å². The van der Waals surface area contributed by atoms with Crippen LogP contribution in [0, 0.1) is 0 Å². The Hall–Kier alpha value is -2.07. The fourth-order valence-corrected chi connectivity index (χ4v) is 3.23. The summed E-state index contributed by atoms with van der Waals surface area (Å²) in [6.07, 6.45) is 5.25. The Bertz CT molecular complexity index is 778. The predicted molar refractivity (Wildman–Crippen MR) is 129 cm³/mol. The molecular formula is C22H31IN4O3. The molecule has 0 bridgehead atoms. The lowest BCUT2D eigenvalue weighted by Gasteiger charge is -2.26. The molecule has 1 aliphatic rings. The van der Waals surface area contributed by atoms with Crippen LogP contribution in [-0.2, 0) is 22.7 Å². The molecule has 7 nitrogen and oxygen atoms in total. The molecule has 30 heavy (non-hydrogen) atoms. The van der Waals surface area contributed by atoms with Gasteiger partial charge in [0, 0.05) is 45.4 Å². The van der Waals surface area contributed by atoms with Gasteiger partial charge < -0.3 is 24.7 Å². The van der Waals surface area contributed by atoms with E-state index in [1.54, 1.807) is 13.3 Å². The van der Waals surface area contributed by atoms with Crippen LogP contribution in [-0.4, -0.2) is 38.6 Å². The second-order valence-electron chi connectivity index (χ2n) is 7.01. The van der Waals surface area contributed by atoms with Crippen LogP contribution in [0.1, 0.15) is 37.0 Å². The molecule has 8 heteroatoms. The van der Waals surface area contributed by atoms with Gasteiger partial charge in [0.1, 0.15) is 12.4 Å². The van der Waals surface area contributed by atoms with Crippen molar-refractivity contribution in [1.82, 2.24) is 10.6 Å². The number of nitrogens with zero attached hydrogens (tertiary/aromatic N) is 2. The molecule has 0 spiro atoms. The first-order valence-corrected chi connectivity index (χ1v) is 10.2. The number of hydrogen-bond acceptors (Lipinski definition) is 4. The van der Waals surface area contributed by atoms with Crippen molar-refractivity contribution in [1.29, 1.82) is 0 Å². The zero-order chi connectivity index (χ0) is 20.3. The number of hydrogen-bond donors (Lipinski definition) is 2. The second kappa shape index (κ2) is 13.3. The van der Waals surface area contributed by atoms with Crippen molar-refractivity contribution >= 4 is 41.5 Å². The van der Waals surface area contributed by atoms with E-state index in [-0.39, 0.29) is 29.9 Å². The zero-order valence-electron chi connectivity index (χ0n) is 17.4. The summed E-state index contributed by atoms with van der Waals surface area (Å²) in [6, 6.07) is 11.9. The number of anilines is 1. The Morgan fingerprint density at radius 1 is 1.20 bits per heavy atom. The number of halogens is 1. The van der Waals surface area contributed by atoms with E-state index in [1.165, 1.54) is 0 Å². The van der Waals surface area contributed by atoms with E-state index < -0.39 is 0 Å². The molecule has 0 saturated carbocycles. The SMILES string of the molecule is CN=C(NCCCOCc1ccco1)NCc1ccc(N2CCCCC2=O)cc1.I. The number of guanidine groups is 1. The van der Waals surface area contributed by atoms with E-state index in [1.807, 2.05) is 29.2 Å². The van der Waals surface area contributed by atoms with Crippen molar-refractivity contribution in [2.24, 2.45) is 4.99 Å². The summed E-state index contributed by atoms with van der Waals surface area (Å²) >= 11 is 0. The van der Waals surface area contributed by atoms with Crippen molar-refractivity contribution < 1.29 is 13.9 Å². The lowest BCUT2D eigenvalue weighted by molar-refractivity contribution is -0.119. The average Bonchev–Trinajstić information content (AvgIpc) is 3.27. The minimum Gasteiger partial charge on any atom is -0.467 e. The number of ether oxygens (including phenoxy) is 1. The zero-order valence-corrected chi connectivity index (χ0v) is 19.8. The summed E-state index contributed by atoms with van der Waals surface area (Å²) in [5, 5.41) is 6.59. The third-order valence-corrected chi connectivity index (χ3v) is 4.84. The quantitative estimate of drug-likeness (QED) is 0.226. The van der Waals surface area contributed by atoms with E-state index in [4.69, 9.17) is 9.15 Å². The number of furan rings is 1. The average molecular weight is 526 g/mol. The molecule has 2 N–H and O–H groups in total. The van der Waals surface area contributed by atoms with Gasteiger partial charge in [0.2, 0.25) is 5.91 Å². The fourth-order valence-electron chi connectivity index (χ4n) is 3.23. The molecule has 2 heterocycles. The molecular weight excluding hydrogens is 495 g/mol. The molecule has 0 aliphatic carbocycles. The maximum atomic E-state index is 12.0. The van der Waals surface area contributed by atoms with Gasteiger partial charge in [-0.15, -0.1) is 24.0 Å². The number of carbonyl (C=O) groups is 1. The number of benzene rings is 1. The summed E-state index contributed by atoms with van der Waals surface area (Å²) in [6.45, 7) is 3.41. The Morgan fingerprint density at radius 2 is 2.03 bits per heavy atom. The molecule has 3 rings (SSSR count). The number of aliphatic imine (C=N–C) groups is 1. The summed E-state index contributed by atoms with van der Waals surface area (Å²) in [4.78, 5) is 18.2. The van der Waals surface area contributed by atoms with Crippen LogP contribution in [0.5, 0.6) is 0 Å². The van der Waals surface area contributed by atoms with Gasteiger partial charge >= 0.3 is 0 Å². The Kier molecular flexibility index (Phi) is 10.7. The summed E-state index contributed by atoms with van der Waals surface area (Å²) < 4.78 is 10.8. The first-order valence-electron chi connectivity index (χ1n) is 10.2. The van der Waals surface area contributed by atoms with Crippen LogP contribution in [0.15, 0.2) is 52.1 Å². The van der Waals surface area contributed by atoms with Crippen LogP contribution < -0.4 is 15.5 Å². The molecule has 164 valence electrons. The molecule has 0 atom stereocenters. The van der Waals surface area contributed by atoms with Crippen LogP contribution in [0.4, 0.5) is 5.69 Å². The smallest absolute Gasteiger partial charge is 0.226 e. The lowest BCUT2D eigenvalue weighted by Crippen LogP contribution is -2.37. The van der Waals surface area contributed by atoms with Crippen LogP contribution >= 0.6 is 24.0 Å².